The van der Waals surface area contributed by atoms with E-state index in [0.29, 0.717) is 0 Å². The van der Waals surface area contributed by atoms with Crippen LogP contribution in [0.5, 0.6) is 0 Å². The standard InChI is InChI=1S/C62H45BN2/c1-3-16-42-38(14-1)28-34-56-61(42)64(40-30-32-52-48-22-7-5-18-44(48)46-20-9-11-24-50(46)54(52)36-40)58-26-13-27-59-60(58)63(56)57-35-29-39-15-2-4-17-43(39)62(57)65(59)41-31-33-53-49-23-8-6-19-45(49)47-21-10-12-25-51(47)55(53)37-41/h5-13,18-37H,1-4,14-17H2. The van der Waals surface area contributed by atoms with Crippen LogP contribution in [0, 0.1) is 0 Å². The summed E-state index contributed by atoms with van der Waals surface area (Å²) >= 11 is 0. The highest BCUT2D eigenvalue weighted by molar-refractivity contribution is 7.00. The Morgan fingerprint density at radius 3 is 1.06 bits per heavy atom. The fourth-order valence-corrected chi connectivity index (χ4v) is 13.2. The molecule has 2 aliphatic carbocycles. The van der Waals surface area contributed by atoms with Gasteiger partial charge in [-0.1, -0.05) is 140 Å². The summed E-state index contributed by atoms with van der Waals surface area (Å²) in [5.41, 5.74) is 18.3. The average molecular weight is 829 g/mol. The lowest BCUT2D eigenvalue weighted by Gasteiger charge is -2.46. The fourth-order valence-electron chi connectivity index (χ4n) is 13.2. The van der Waals surface area contributed by atoms with Gasteiger partial charge in [-0.05, 0) is 191 Å². The van der Waals surface area contributed by atoms with E-state index in [-0.39, 0.29) is 6.71 Å². The lowest BCUT2D eigenvalue weighted by atomic mass is 9.33. The molecule has 2 nitrogen and oxygen atoms in total. The molecule has 0 amide bonds. The maximum atomic E-state index is 2.69. The summed E-state index contributed by atoms with van der Waals surface area (Å²) in [5.74, 6) is 0. The molecule has 0 saturated heterocycles. The smallest absolute Gasteiger partial charge is 0.252 e. The first-order chi connectivity index (χ1) is 32.3. The number of hydrogen-bond acceptors (Lipinski definition) is 2. The van der Waals surface area contributed by atoms with Crippen molar-refractivity contribution in [3.63, 3.8) is 0 Å². The quantitative estimate of drug-likeness (QED) is 0.127. The first-order valence-corrected chi connectivity index (χ1v) is 24.0. The minimum absolute atomic E-state index is 0.119. The van der Waals surface area contributed by atoms with E-state index in [9.17, 15) is 0 Å². The van der Waals surface area contributed by atoms with Gasteiger partial charge < -0.3 is 9.80 Å². The summed E-state index contributed by atoms with van der Waals surface area (Å²) in [6.45, 7) is 0.119. The summed E-state index contributed by atoms with van der Waals surface area (Å²) in [6, 6.07) is 67.9. The SMILES string of the molecule is c1cc2c3c(c1)N(c1ccc4c5ccccc5c5ccccc5c4c1)c1c(ccc4c1CCCC4)B3c1ccc3c(c1N2c1ccc2c4ccccc4c4ccccc4c2c1)CCCC3. The monoisotopic (exact) mass is 828 g/mol. The minimum atomic E-state index is 0.119. The van der Waals surface area contributed by atoms with Crippen LogP contribution >= 0.6 is 0 Å². The van der Waals surface area contributed by atoms with Crippen molar-refractivity contribution in [1.82, 2.24) is 0 Å². The second kappa shape index (κ2) is 13.6. The molecule has 0 saturated carbocycles. The van der Waals surface area contributed by atoms with Crippen LogP contribution in [-0.2, 0) is 25.7 Å². The van der Waals surface area contributed by atoms with Crippen molar-refractivity contribution >= 4 is 122 Å². The van der Waals surface area contributed by atoms with Gasteiger partial charge in [-0.2, -0.15) is 0 Å². The van der Waals surface area contributed by atoms with Crippen molar-refractivity contribution in [3.8, 4) is 0 Å². The summed E-state index contributed by atoms with van der Waals surface area (Å²) in [7, 11) is 0. The van der Waals surface area contributed by atoms with Crippen LogP contribution in [0.2, 0.25) is 0 Å². The Morgan fingerprint density at radius 2 is 0.662 bits per heavy atom. The van der Waals surface area contributed by atoms with Gasteiger partial charge in [0.2, 0.25) is 0 Å². The van der Waals surface area contributed by atoms with Crippen LogP contribution in [0.15, 0.2) is 176 Å². The van der Waals surface area contributed by atoms with Gasteiger partial charge >= 0.3 is 0 Å². The summed E-state index contributed by atoms with van der Waals surface area (Å²) in [4.78, 5) is 5.39. The van der Waals surface area contributed by atoms with E-state index in [2.05, 4.69) is 186 Å². The van der Waals surface area contributed by atoms with Gasteiger partial charge in [0.15, 0.2) is 0 Å². The number of anilines is 6. The molecule has 2 heterocycles. The summed E-state index contributed by atoms with van der Waals surface area (Å²) in [6.07, 6.45) is 9.48. The van der Waals surface area contributed by atoms with Crippen LogP contribution in [-0.4, -0.2) is 6.71 Å². The van der Waals surface area contributed by atoms with Gasteiger partial charge in [-0.3, -0.25) is 0 Å². The van der Waals surface area contributed by atoms with Gasteiger partial charge in [0.25, 0.3) is 6.71 Å². The molecule has 0 bridgehead atoms. The Labute approximate surface area is 379 Å². The zero-order valence-corrected chi connectivity index (χ0v) is 36.4. The fraction of sp³-hybridized carbons (Fsp3) is 0.129. The van der Waals surface area contributed by atoms with Gasteiger partial charge in [0.05, 0.1) is 0 Å². The topological polar surface area (TPSA) is 6.48 Å². The predicted octanol–water partition coefficient (Wildman–Crippen LogP) is 14.4. The molecular formula is C62H45BN2. The minimum Gasteiger partial charge on any atom is -0.311 e. The summed E-state index contributed by atoms with van der Waals surface area (Å²) < 4.78 is 0. The highest BCUT2D eigenvalue weighted by Gasteiger charge is 2.45. The Balaban J connectivity index is 1.03. The van der Waals surface area contributed by atoms with Crippen molar-refractivity contribution < 1.29 is 0 Å². The van der Waals surface area contributed by atoms with Crippen LogP contribution in [0.4, 0.5) is 34.1 Å². The molecule has 0 atom stereocenters. The number of hydrogen-bond donors (Lipinski definition) is 0. The molecule has 0 spiro atoms. The zero-order valence-electron chi connectivity index (χ0n) is 36.4. The number of benzene rings is 11. The molecule has 2 aliphatic heterocycles. The second-order valence-electron chi connectivity index (χ2n) is 19.2. The molecule has 65 heavy (non-hydrogen) atoms. The van der Waals surface area contributed by atoms with Crippen molar-refractivity contribution in [1.29, 1.82) is 0 Å². The maximum Gasteiger partial charge on any atom is 0.252 e. The predicted molar refractivity (Wildman–Crippen MR) is 279 cm³/mol. The molecule has 0 unspecified atom stereocenters. The lowest BCUT2D eigenvalue weighted by molar-refractivity contribution is 0.686. The lowest BCUT2D eigenvalue weighted by Crippen LogP contribution is -2.62. The molecule has 0 radical (unpaired) electrons. The van der Waals surface area contributed by atoms with Crippen molar-refractivity contribution in [2.45, 2.75) is 51.4 Å². The van der Waals surface area contributed by atoms with Crippen molar-refractivity contribution in [2.75, 3.05) is 9.80 Å². The van der Waals surface area contributed by atoms with Crippen LogP contribution in [0.25, 0.3) is 64.6 Å². The van der Waals surface area contributed by atoms with E-state index in [0.717, 1.165) is 25.7 Å². The zero-order chi connectivity index (χ0) is 42.3. The van der Waals surface area contributed by atoms with Gasteiger partial charge in [0, 0.05) is 34.1 Å². The van der Waals surface area contributed by atoms with Gasteiger partial charge in [-0.15, -0.1) is 0 Å². The van der Waals surface area contributed by atoms with Crippen LogP contribution in [0.3, 0.4) is 0 Å². The Hall–Kier alpha value is -7.36. The molecule has 0 fully saturated rings. The average Bonchev–Trinajstić information content (AvgIpc) is 3.38. The number of nitrogens with zero attached hydrogens (tertiary/aromatic N) is 2. The summed E-state index contributed by atoms with van der Waals surface area (Å²) in [5, 5.41) is 15.7. The maximum absolute atomic E-state index is 2.69. The first kappa shape index (κ1) is 36.0. The third-order valence-corrected chi connectivity index (χ3v) is 15.9. The number of rotatable bonds is 2. The number of fused-ring (bicyclic) bond motifs is 20. The van der Waals surface area contributed by atoms with E-state index >= 15 is 0 Å². The van der Waals surface area contributed by atoms with E-state index in [1.54, 1.807) is 11.1 Å². The van der Waals surface area contributed by atoms with Crippen LogP contribution < -0.4 is 26.2 Å². The molecular weight excluding hydrogens is 784 g/mol. The van der Waals surface area contributed by atoms with Crippen molar-refractivity contribution in [2.24, 2.45) is 0 Å². The molecule has 306 valence electrons. The Morgan fingerprint density at radius 1 is 0.308 bits per heavy atom. The second-order valence-corrected chi connectivity index (χ2v) is 19.2. The molecule has 0 N–H and O–H groups in total. The van der Waals surface area contributed by atoms with Gasteiger partial charge in [-0.25, -0.2) is 0 Å². The molecule has 0 aromatic heterocycles. The molecule has 4 aliphatic rings. The largest absolute Gasteiger partial charge is 0.311 e. The van der Waals surface area contributed by atoms with Crippen LogP contribution in [0.1, 0.15) is 47.9 Å². The van der Waals surface area contributed by atoms with E-state index in [1.165, 1.54) is 152 Å². The first-order valence-electron chi connectivity index (χ1n) is 24.0. The molecule has 15 rings (SSSR count). The normalized spacial score (nSPS) is 15.1. The van der Waals surface area contributed by atoms with E-state index in [1.807, 2.05) is 0 Å². The van der Waals surface area contributed by atoms with E-state index in [4.69, 9.17) is 0 Å². The third kappa shape index (κ3) is 4.96. The van der Waals surface area contributed by atoms with Gasteiger partial charge in [0.1, 0.15) is 0 Å². The Bertz CT molecular complexity index is 3560. The molecule has 3 heteroatoms. The third-order valence-electron chi connectivity index (χ3n) is 15.9. The molecule has 11 aromatic carbocycles. The molecule has 11 aromatic rings. The van der Waals surface area contributed by atoms with Crippen molar-refractivity contribution in [3.05, 3.63) is 198 Å². The Kier molecular flexibility index (Phi) is 7.53. The van der Waals surface area contributed by atoms with E-state index < -0.39 is 0 Å². The highest BCUT2D eigenvalue weighted by Crippen LogP contribution is 2.50. The highest BCUT2D eigenvalue weighted by atomic mass is 15.2. The number of aryl methyl sites for hydroxylation is 2.